The summed E-state index contributed by atoms with van der Waals surface area (Å²) < 4.78 is 6.01. The van der Waals surface area contributed by atoms with Crippen LogP contribution in [0.4, 0.5) is 0 Å². The molecule has 0 amide bonds. The average molecular weight is 319 g/mol. The Kier molecular flexibility index (Phi) is 4.13. The summed E-state index contributed by atoms with van der Waals surface area (Å²) in [7, 11) is 0. The summed E-state index contributed by atoms with van der Waals surface area (Å²) in [5.41, 5.74) is 5.04. The van der Waals surface area contributed by atoms with Crippen LogP contribution in [0.1, 0.15) is 62.8 Å². The van der Waals surface area contributed by atoms with Gasteiger partial charge < -0.3 is 4.74 Å². The van der Waals surface area contributed by atoms with E-state index in [0.29, 0.717) is 12.2 Å². The van der Waals surface area contributed by atoms with Crippen molar-refractivity contribution in [1.82, 2.24) is 0 Å². The number of hydrogen-bond acceptors (Lipinski definition) is 2. The fourth-order valence-electron chi connectivity index (χ4n) is 3.50. The highest BCUT2D eigenvalue weighted by molar-refractivity contribution is 5.45. The second kappa shape index (κ2) is 5.98. The first-order chi connectivity index (χ1) is 11.3. The van der Waals surface area contributed by atoms with Crippen molar-refractivity contribution >= 4 is 0 Å². The zero-order chi connectivity index (χ0) is 17.4. The van der Waals surface area contributed by atoms with Gasteiger partial charge in [0.2, 0.25) is 0 Å². The molecular weight excluding hydrogens is 294 g/mol. The Morgan fingerprint density at radius 1 is 0.917 bits per heavy atom. The number of fused-ring (bicyclic) bond motifs is 1. The molecule has 0 unspecified atom stereocenters. The highest BCUT2D eigenvalue weighted by atomic mass is 16.5. The first-order valence-corrected chi connectivity index (χ1v) is 8.59. The van der Waals surface area contributed by atoms with E-state index in [-0.39, 0.29) is 10.8 Å². The Morgan fingerprint density at radius 2 is 1.54 bits per heavy atom. The predicted octanol–water partition coefficient (Wildman–Crippen LogP) is 5.49. The van der Waals surface area contributed by atoms with Gasteiger partial charge in [0.1, 0.15) is 12.4 Å². The van der Waals surface area contributed by atoms with Gasteiger partial charge in [-0.2, -0.15) is 5.26 Å². The Morgan fingerprint density at radius 3 is 2.17 bits per heavy atom. The number of nitriles is 1. The average Bonchev–Trinajstić information content (AvgIpc) is 2.58. The molecular formula is C22H25NO. The van der Waals surface area contributed by atoms with E-state index in [1.54, 1.807) is 0 Å². The molecule has 1 aliphatic carbocycles. The van der Waals surface area contributed by atoms with Crippen molar-refractivity contribution in [2.75, 3.05) is 0 Å². The van der Waals surface area contributed by atoms with Gasteiger partial charge >= 0.3 is 0 Å². The molecule has 2 nitrogen and oxygen atoms in total. The normalized spacial score (nSPS) is 17.6. The molecule has 0 N–H and O–H groups in total. The molecule has 0 bridgehead atoms. The Bertz CT molecular complexity index is 779. The maximum absolute atomic E-state index is 8.86. The lowest BCUT2D eigenvalue weighted by atomic mass is 9.63. The molecule has 2 heteroatoms. The second-order valence-electron chi connectivity index (χ2n) is 8.07. The smallest absolute Gasteiger partial charge is 0.120 e. The van der Waals surface area contributed by atoms with Gasteiger partial charge in [0.05, 0.1) is 11.6 Å². The number of ether oxygens (including phenoxy) is 1. The van der Waals surface area contributed by atoms with Crippen LogP contribution in [0.3, 0.4) is 0 Å². The molecule has 0 aliphatic heterocycles. The summed E-state index contributed by atoms with van der Waals surface area (Å²) >= 11 is 0. The van der Waals surface area contributed by atoms with Gasteiger partial charge in [-0.1, -0.05) is 45.9 Å². The predicted molar refractivity (Wildman–Crippen MR) is 97.2 cm³/mol. The molecule has 0 saturated carbocycles. The van der Waals surface area contributed by atoms with Crippen molar-refractivity contribution < 1.29 is 4.74 Å². The number of hydrogen-bond donors (Lipinski definition) is 0. The summed E-state index contributed by atoms with van der Waals surface area (Å²) in [4.78, 5) is 0. The quantitative estimate of drug-likeness (QED) is 0.750. The van der Waals surface area contributed by atoms with E-state index in [0.717, 1.165) is 11.3 Å². The maximum Gasteiger partial charge on any atom is 0.120 e. The lowest BCUT2D eigenvalue weighted by Gasteiger charge is -2.41. The Hall–Kier alpha value is -2.27. The van der Waals surface area contributed by atoms with Crippen LogP contribution in [0.25, 0.3) is 0 Å². The fourth-order valence-corrected chi connectivity index (χ4v) is 3.50. The molecule has 24 heavy (non-hydrogen) atoms. The van der Waals surface area contributed by atoms with Crippen molar-refractivity contribution in [2.24, 2.45) is 0 Å². The second-order valence-corrected chi connectivity index (χ2v) is 8.07. The van der Waals surface area contributed by atoms with Gasteiger partial charge in [0.25, 0.3) is 0 Å². The molecule has 0 heterocycles. The third-order valence-corrected chi connectivity index (χ3v) is 5.31. The first-order valence-electron chi connectivity index (χ1n) is 8.59. The highest BCUT2D eigenvalue weighted by Crippen LogP contribution is 2.46. The Balaban J connectivity index is 1.81. The lowest BCUT2D eigenvalue weighted by molar-refractivity contribution is 0.298. The van der Waals surface area contributed by atoms with Crippen LogP contribution in [0.2, 0.25) is 0 Å². The van der Waals surface area contributed by atoms with Crippen molar-refractivity contribution in [3.8, 4) is 11.8 Å². The summed E-state index contributed by atoms with van der Waals surface area (Å²) in [5.74, 6) is 0.920. The van der Waals surface area contributed by atoms with E-state index >= 15 is 0 Å². The molecule has 2 aromatic carbocycles. The third kappa shape index (κ3) is 3.17. The number of benzene rings is 2. The van der Waals surface area contributed by atoms with Gasteiger partial charge in [0.15, 0.2) is 0 Å². The molecule has 0 fully saturated rings. The van der Waals surface area contributed by atoms with Crippen LogP contribution in [0.15, 0.2) is 42.5 Å². The van der Waals surface area contributed by atoms with Gasteiger partial charge in [-0.25, -0.2) is 0 Å². The van der Waals surface area contributed by atoms with E-state index in [1.807, 2.05) is 24.3 Å². The van der Waals surface area contributed by atoms with E-state index in [1.165, 1.54) is 24.0 Å². The van der Waals surface area contributed by atoms with Gasteiger partial charge in [-0.05, 0) is 64.6 Å². The lowest BCUT2D eigenvalue weighted by Crippen LogP contribution is -2.33. The van der Waals surface area contributed by atoms with E-state index in [4.69, 9.17) is 10.00 Å². The molecule has 3 rings (SSSR count). The van der Waals surface area contributed by atoms with E-state index < -0.39 is 0 Å². The van der Waals surface area contributed by atoms with Crippen LogP contribution in [-0.2, 0) is 17.4 Å². The third-order valence-electron chi connectivity index (χ3n) is 5.31. The summed E-state index contributed by atoms with van der Waals surface area (Å²) in [6, 6.07) is 16.2. The van der Waals surface area contributed by atoms with Crippen LogP contribution in [0, 0.1) is 11.3 Å². The summed E-state index contributed by atoms with van der Waals surface area (Å²) in [6.45, 7) is 9.84. The number of rotatable bonds is 3. The zero-order valence-electron chi connectivity index (χ0n) is 15.0. The van der Waals surface area contributed by atoms with Crippen molar-refractivity contribution in [3.05, 3.63) is 64.7 Å². The summed E-state index contributed by atoms with van der Waals surface area (Å²) in [5, 5.41) is 8.86. The monoisotopic (exact) mass is 319 g/mol. The minimum absolute atomic E-state index is 0.193. The SMILES string of the molecule is CC1(C)CCC(C)(C)c2cc(OCc3ccc(C#N)cc3)ccc21. The first kappa shape index (κ1) is 16.6. The molecule has 0 radical (unpaired) electrons. The van der Waals surface area contributed by atoms with Crippen LogP contribution in [0.5, 0.6) is 5.75 Å². The van der Waals surface area contributed by atoms with Gasteiger partial charge in [-0.15, -0.1) is 0 Å². The standard InChI is InChI=1S/C22H25NO/c1-21(2)11-12-22(3,4)20-13-18(9-10-19(20)21)24-15-17-7-5-16(14-23)6-8-17/h5-10,13H,11-12,15H2,1-4H3. The highest BCUT2D eigenvalue weighted by Gasteiger charge is 2.37. The molecule has 0 spiro atoms. The molecule has 124 valence electrons. The van der Waals surface area contributed by atoms with E-state index in [2.05, 4.69) is 52.0 Å². The molecule has 0 aromatic heterocycles. The van der Waals surface area contributed by atoms with Crippen molar-refractivity contribution in [3.63, 3.8) is 0 Å². The van der Waals surface area contributed by atoms with Gasteiger partial charge in [-0.3, -0.25) is 0 Å². The minimum Gasteiger partial charge on any atom is -0.489 e. The molecule has 0 atom stereocenters. The molecule has 1 aliphatic rings. The van der Waals surface area contributed by atoms with Crippen LogP contribution < -0.4 is 4.74 Å². The molecule has 0 saturated heterocycles. The minimum atomic E-state index is 0.193. The van der Waals surface area contributed by atoms with Crippen LogP contribution >= 0.6 is 0 Å². The topological polar surface area (TPSA) is 33.0 Å². The largest absolute Gasteiger partial charge is 0.489 e. The zero-order valence-corrected chi connectivity index (χ0v) is 15.0. The van der Waals surface area contributed by atoms with Gasteiger partial charge in [0, 0.05) is 0 Å². The van der Waals surface area contributed by atoms with E-state index in [9.17, 15) is 0 Å². The summed E-state index contributed by atoms with van der Waals surface area (Å²) in [6.07, 6.45) is 2.42. The fraction of sp³-hybridized carbons (Fsp3) is 0.409. The number of nitrogens with zero attached hydrogens (tertiary/aromatic N) is 1. The van der Waals surface area contributed by atoms with Crippen molar-refractivity contribution in [1.29, 1.82) is 5.26 Å². The van der Waals surface area contributed by atoms with Crippen LogP contribution in [-0.4, -0.2) is 0 Å². The van der Waals surface area contributed by atoms with Crippen molar-refractivity contribution in [2.45, 2.75) is 58.0 Å². The molecule has 2 aromatic rings. The maximum atomic E-state index is 8.86. The Labute approximate surface area is 145 Å².